The molecular formula is C28H36N4O2. The zero-order valence-corrected chi connectivity index (χ0v) is 20.9. The molecule has 2 aliphatic carbocycles. The fraction of sp³-hybridized carbons (Fsp3) is 0.571. The van der Waals surface area contributed by atoms with Gasteiger partial charge in [0.2, 0.25) is 5.91 Å². The number of nitrogens with zero attached hydrogens (tertiary/aromatic N) is 3. The van der Waals surface area contributed by atoms with Gasteiger partial charge in [-0.1, -0.05) is 45.7 Å². The van der Waals surface area contributed by atoms with Crippen molar-refractivity contribution in [3.8, 4) is 0 Å². The topological polar surface area (TPSA) is 74.1 Å². The molecule has 0 radical (unpaired) electrons. The number of azo groups is 1. The molecule has 2 heterocycles. The van der Waals surface area contributed by atoms with Crippen LogP contribution in [0.5, 0.6) is 0 Å². The van der Waals surface area contributed by atoms with Crippen molar-refractivity contribution in [3.05, 3.63) is 52.9 Å². The molecule has 6 nitrogen and oxygen atoms in total. The third-order valence-electron chi connectivity index (χ3n) is 8.26. The monoisotopic (exact) mass is 460 g/mol. The number of rotatable bonds is 5. The second-order valence-corrected chi connectivity index (χ2v) is 11.2. The van der Waals surface area contributed by atoms with E-state index in [9.17, 15) is 9.59 Å². The third kappa shape index (κ3) is 3.71. The number of hydrogen-bond donors (Lipinski definition) is 1. The number of carbonyl (C=O) groups excluding carboxylic acids is 2. The van der Waals surface area contributed by atoms with Gasteiger partial charge in [0, 0.05) is 42.4 Å². The van der Waals surface area contributed by atoms with Crippen molar-refractivity contribution in [1.82, 2.24) is 5.32 Å². The summed E-state index contributed by atoms with van der Waals surface area (Å²) in [5.74, 6) is 0.826. The molecule has 0 spiro atoms. The Morgan fingerprint density at radius 3 is 2.68 bits per heavy atom. The molecule has 1 amide bonds. The summed E-state index contributed by atoms with van der Waals surface area (Å²) in [5.41, 5.74) is 4.19. The van der Waals surface area contributed by atoms with Crippen molar-refractivity contribution >= 4 is 17.4 Å². The van der Waals surface area contributed by atoms with Gasteiger partial charge in [-0.2, -0.15) is 10.2 Å². The predicted molar refractivity (Wildman–Crippen MR) is 133 cm³/mol. The first-order chi connectivity index (χ1) is 16.2. The predicted octanol–water partition coefficient (Wildman–Crippen LogP) is 5.80. The van der Waals surface area contributed by atoms with E-state index in [2.05, 4.69) is 48.4 Å². The first-order valence-electron chi connectivity index (χ1n) is 12.8. The average Bonchev–Trinajstić information content (AvgIpc) is 3.47. The van der Waals surface area contributed by atoms with Crippen LogP contribution < -0.4 is 10.2 Å². The van der Waals surface area contributed by atoms with Crippen LogP contribution in [0.25, 0.3) is 0 Å². The highest BCUT2D eigenvalue weighted by Gasteiger charge is 2.53. The maximum atomic E-state index is 13.7. The summed E-state index contributed by atoms with van der Waals surface area (Å²) in [6.45, 7) is 8.87. The van der Waals surface area contributed by atoms with Crippen molar-refractivity contribution in [2.45, 2.75) is 84.2 Å². The van der Waals surface area contributed by atoms with Crippen LogP contribution >= 0.6 is 0 Å². The fourth-order valence-electron chi connectivity index (χ4n) is 6.70. The Kier molecular flexibility index (Phi) is 5.73. The normalized spacial score (nSPS) is 27.8. The van der Waals surface area contributed by atoms with Crippen molar-refractivity contribution < 1.29 is 9.59 Å². The number of anilines is 1. The van der Waals surface area contributed by atoms with Gasteiger partial charge >= 0.3 is 0 Å². The van der Waals surface area contributed by atoms with Crippen molar-refractivity contribution in [2.75, 3.05) is 11.4 Å². The van der Waals surface area contributed by atoms with Gasteiger partial charge in [0.1, 0.15) is 0 Å². The zero-order valence-electron chi connectivity index (χ0n) is 20.9. The average molecular weight is 461 g/mol. The minimum Gasteiger partial charge on any atom is -0.362 e. The minimum atomic E-state index is -0.589. The lowest BCUT2D eigenvalue weighted by atomic mass is 9.59. The Labute approximate surface area is 202 Å². The number of hydrogen-bond acceptors (Lipinski definition) is 5. The molecule has 34 heavy (non-hydrogen) atoms. The summed E-state index contributed by atoms with van der Waals surface area (Å²) in [6.07, 6.45) is 8.55. The molecule has 0 aromatic heterocycles. The van der Waals surface area contributed by atoms with Crippen LogP contribution in [0.3, 0.4) is 0 Å². The molecule has 1 aromatic carbocycles. The summed E-state index contributed by atoms with van der Waals surface area (Å²) in [5, 5.41) is 12.3. The summed E-state index contributed by atoms with van der Waals surface area (Å²) in [7, 11) is 0. The smallest absolute Gasteiger partial charge is 0.223 e. The summed E-state index contributed by atoms with van der Waals surface area (Å²) in [4.78, 5) is 28.3. The van der Waals surface area contributed by atoms with E-state index >= 15 is 0 Å². The number of Topliss-reactive ketones (excluding diaryl/α,β-unsaturated/α-hetero) is 1. The summed E-state index contributed by atoms with van der Waals surface area (Å²) >= 11 is 0. The second-order valence-electron chi connectivity index (χ2n) is 11.2. The molecule has 4 aliphatic rings. The first kappa shape index (κ1) is 23.0. The van der Waals surface area contributed by atoms with Crippen LogP contribution in [0.15, 0.2) is 57.5 Å². The molecular weight excluding hydrogens is 424 g/mol. The molecule has 6 heteroatoms. The number of nitrogens with one attached hydrogen (secondary N) is 1. The largest absolute Gasteiger partial charge is 0.362 e. The van der Waals surface area contributed by atoms with Gasteiger partial charge in [0.15, 0.2) is 11.9 Å². The van der Waals surface area contributed by atoms with Crippen LogP contribution in [0.1, 0.15) is 78.2 Å². The van der Waals surface area contributed by atoms with Gasteiger partial charge in [0.25, 0.3) is 0 Å². The van der Waals surface area contributed by atoms with Gasteiger partial charge < -0.3 is 10.2 Å². The molecule has 1 N–H and O–H groups in total. The number of benzene rings is 1. The van der Waals surface area contributed by atoms with Gasteiger partial charge in [-0.25, -0.2) is 0 Å². The number of ketones is 1. The number of amides is 1. The Morgan fingerprint density at radius 2 is 1.97 bits per heavy atom. The molecule has 2 atom stereocenters. The van der Waals surface area contributed by atoms with E-state index < -0.39 is 5.41 Å². The van der Waals surface area contributed by atoms with Crippen molar-refractivity contribution in [1.29, 1.82) is 0 Å². The van der Waals surface area contributed by atoms with Crippen LogP contribution in [0.4, 0.5) is 5.69 Å². The Balaban J connectivity index is 1.63. The highest BCUT2D eigenvalue weighted by Crippen LogP contribution is 2.54. The van der Waals surface area contributed by atoms with E-state index in [1.165, 1.54) is 25.7 Å². The molecule has 180 valence electrons. The van der Waals surface area contributed by atoms with Gasteiger partial charge in [-0.15, -0.1) is 0 Å². The van der Waals surface area contributed by atoms with E-state index in [-0.39, 0.29) is 23.3 Å². The van der Waals surface area contributed by atoms with Crippen LogP contribution in [-0.2, 0) is 15.0 Å². The van der Waals surface area contributed by atoms with E-state index in [1.54, 1.807) is 6.92 Å². The third-order valence-corrected chi connectivity index (χ3v) is 8.26. The Hall–Kier alpha value is -2.76. The quantitative estimate of drug-likeness (QED) is 0.603. The number of allylic oxidation sites excluding steroid dienone is 2. The fourth-order valence-corrected chi connectivity index (χ4v) is 6.70. The molecule has 0 bridgehead atoms. The molecule has 1 saturated carbocycles. The maximum Gasteiger partial charge on any atom is 0.223 e. The first-order valence-corrected chi connectivity index (χ1v) is 12.8. The number of carbonyl (C=O) groups is 2. The second kappa shape index (κ2) is 8.47. The highest BCUT2D eigenvalue weighted by molar-refractivity contribution is 6.01. The number of fused-ring (bicyclic) bond motifs is 1. The summed E-state index contributed by atoms with van der Waals surface area (Å²) in [6, 6.07) is 8.31. The SMILES string of the molecule is CCC1(c2cccc(N(CC3CCCC3)C(C)=O)c2)C2=CN=NC2NC2=C1C(=O)CC(C)(C)C2. The van der Waals surface area contributed by atoms with E-state index in [1.807, 2.05) is 23.2 Å². The van der Waals surface area contributed by atoms with Crippen LogP contribution in [0.2, 0.25) is 0 Å². The lowest BCUT2D eigenvalue weighted by molar-refractivity contribution is -0.119. The van der Waals surface area contributed by atoms with E-state index in [4.69, 9.17) is 0 Å². The maximum absolute atomic E-state index is 13.7. The van der Waals surface area contributed by atoms with E-state index in [0.29, 0.717) is 12.3 Å². The molecule has 1 fully saturated rings. The van der Waals surface area contributed by atoms with Crippen LogP contribution in [-0.4, -0.2) is 24.4 Å². The molecule has 5 rings (SSSR count). The zero-order chi connectivity index (χ0) is 24.1. The minimum absolute atomic E-state index is 0.0678. The lowest BCUT2D eigenvalue weighted by Crippen LogP contribution is -2.51. The lowest BCUT2D eigenvalue weighted by Gasteiger charge is -2.48. The Morgan fingerprint density at radius 1 is 1.21 bits per heavy atom. The molecule has 2 unspecified atom stereocenters. The summed E-state index contributed by atoms with van der Waals surface area (Å²) < 4.78 is 0. The van der Waals surface area contributed by atoms with E-state index in [0.717, 1.165) is 47.5 Å². The van der Waals surface area contributed by atoms with Gasteiger partial charge in [-0.3, -0.25) is 9.59 Å². The van der Waals surface area contributed by atoms with Crippen molar-refractivity contribution in [3.63, 3.8) is 0 Å². The Bertz CT molecular complexity index is 1110. The standard InChI is InChI=1S/C28H36N4O2/c1-5-28(20-11-8-12-21(13-20)32(18(2)33)17-19-9-6-7-10-19)22-16-29-31-26(22)30-23-14-27(3,4)15-24(34)25(23)28/h8,11-13,16,19,26,30H,5-7,9-10,14-15,17H2,1-4H3. The molecule has 0 saturated heterocycles. The van der Waals surface area contributed by atoms with Crippen LogP contribution in [0, 0.1) is 11.3 Å². The van der Waals surface area contributed by atoms with Gasteiger partial charge in [0.05, 0.1) is 11.6 Å². The highest BCUT2D eigenvalue weighted by atomic mass is 16.2. The van der Waals surface area contributed by atoms with Gasteiger partial charge in [-0.05, 0) is 54.7 Å². The molecule has 1 aromatic rings. The van der Waals surface area contributed by atoms with Crippen molar-refractivity contribution in [2.24, 2.45) is 21.6 Å². The molecule has 2 aliphatic heterocycles.